The van der Waals surface area contributed by atoms with E-state index in [1.165, 1.54) is 11.3 Å². The first-order valence-corrected chi connectivity index (χ1v) is 8.45. The van der Waals surface area contributed by atoms with Crippen molar-refractivity contribution >= 4 is 17.3 Å². The second-order valence-electron chi connectivity index (χ2n) is 6.91. The summed E-state index contributed by atoms with van der Waals surface area (Å²) >= 11 is 6.52. The van der Waals surface area contributed by atoms with Crippen LogP contribution in [0.3, 0.4) is 0 Å². The SMILES string of the molecule is CC(C)CNCc1cccc(Cl)c1N(CC(C)C)C(C)C. The predicted octanol–water partition coefficient (Wildman–Crippen LogP) is 4.96. The lowest BCUT2D eigenvalue weighted by atomic mass is 10.1. The summed E-state index contributed by atoms with van der Waals surface area (Å²) in [6.07, 6.45) is 0. The number of halogens is 1. The van der Waals surface area contributed by atoms with Crippen LogP contribution < -0.4 is 10.2 Å². The van der Waals surface area contributed by atoms with Crippen molar-refractivity contribution in [2.75, 3.05) is 18.0 Å². The lowest BCUT2D eigenvalue weighted by Gasteiger charge is -2.33. The van der Waals surface area contributed by atoms with Gasteiger partial charge in [0.2, 0.25) is 0 Å². The zero-order chi connectivity index (χ0) is 16.0. The van der Waals surface area contributed by atoms with Gasteiger partial charge in [0.05, 0.1) is 10.7 Å². The highest BCUT2D eigenvalue weighted by Gasteiger charge is 2.18. The molecule has 120 valence electrons. The fourth-order valence-electron chi connectivity index (χ4n) is 2.47. The van der Waals surface area contributed by atoms with Crippen LogP contribution in [-0.2, 0) is 6.54 Å². The van der Waals surface area contributed by atoms with Crippen molar-refractivity contribution in [3.8, 4) is 0 Å². The monoisotopic (exact) mass is 310 g/mol. The largest absolute Gasteiger partial charge is 0.367 e. The molecule has 1 N–H and O–H groups in total. The zero-order valence-electron chi connectivity index (χ0n) is 14.4. The predicted molar refractivity (Wildman–Crippen MR) is 95.3 cm³/mol. The van der Waals surface area contributed by atoms with Crippen LogP contribution in [0, 0.1) is 11.8 Å². The number of nitrogens with zero attached hydrogens (tertiary/aromatic N) is 1. The average molecular weight is 311 g/mol. The van der Waals surface area contributed by atoms with E-state index in [0.717, 1.165) is 24.7 Å². The van der Waals surface area contributed by atoms with E-state index < -0.39 is 0 Å². The Morgan fingerprint density at radius 3 is 2.24 bits per heavy atom. The number of para-hydroxylation sites is 1. The number of hydrogen-bond donors (Lipinski definition) is 1. The number of benzene rings is 1. The van der Waals surface area contributed by atoms with Gasteiger partial charge in [0.25, 0.3) is 0 Å². The molecule has 21 heavy (non-hydrogen) atoms. The van der Waals surface area contributed by atoms with E-state index in [4.69, 9.17) is 11.6 Å². The van der Waals surface area contributed by atoms with E-state index in [0.29, 0.717) is 17.9 Å². The second kappa shape index (κ2) is 8.65. The Bertz CT molecular complexity index is 427. The van der Waals surface area contributed by atoms with Gasteiger partial charge in [0.1, 0.15) is 0 Å². The summed E-state index contributed by atoms with van der Waals surface area (Å²) in [5.41, 5.74) is 2.48. The van der Waals surface area contributed by atoms with Crippen molar-refractivity contribution < 1.29 is 0 Å². The number of rotatable bonds is 8. The molecule has 0 amide bonds. The molecule has 0 radical (unpaired) electrons. The van der Waals surface area contributed by atoms with Crippen molar-refractivity contribution in [3.63, 3.8) is 0 Å². The molecule has 0 fully saturated rings. The van der Waals surface area contributed by atoms with Crippen molar-refractivity contribution in [2.45, 2.75) is 54.1 Å². The fraction of sp³-hybridized carbons (Fsp3) is 0.667. The third kappa shape index (κ3) is 5.88. The van der Waals surface area contributed by atoms with Crippen LogP contribution >= 0.6 is 11.6 Å². The van der Waals surface area contributed by atoms with E-state index in [1.807, 2.05) is 12.1 Å². The third-order valence-corrected chi connectivity index (χ3v) is 3.72. The Hall–Kier alpha value is -0.730. The van der Waals surface area contributed by atoms with Gasteiger partial charge in [-0.25, -0.2) is 0 Å². The van der Waals surface area contributed by atoms with Gasteiger partial charge in [-0.1, -0.05) is 51.4 Å². The topological polar surface area (TPSA) is 15.3 Å². The van der Waals surface area contributed by atoms with Gasteiger partial charge in [0, 0.05) is 19.1 Å². The van der Waals surface area contributed by atoms with Gasteiger partial charge in [-0.15, -0.1) is 0 Å². The highest BCUT2D eigenvalue weighted by Crippen LogP contribution is 2.32. The van der Waals surface area contributed by atoms with Crippen LogP contribution in [0.2, 0.25) is 5.02 Å². The molecule has 0 aliphatic rings. The smallest absolute Gasteiger partial charge is 0.0643 e. The summed E-state index contributed by atoms with van der Waals surface area (Å²) in [7, 11) is 0. The Balaban J connectivity index is 3.01. The van der Waals surface area contributed by atoms with Gasteiger partial charge < -0.3 is 10.2 Å². The van der Waals surface area contributed by atoms with Crippen LogP contribution in [0.1, 0.15) is 47.1 Å². The third-order valence-electron chi connectivity index (χ3n) is 3.41. The summed E-state index contributed by atoms with van der Waals surface area (Å²) in [6.45, 7) is 16.3. The quantitative estimate of drug-likeness (QED) is 0.730. The molecule has 0 aliphatic carbocycles. The Morgan fingerprint density at radius 2 is 1.71 bits per heavy atom. The molecule has 0 unspecified atom stereocenters. The van der Waals surface area contributed by atoms with E-state index in [9.17, 15) is 0 Å². The maximum atomic E-state index is 6.52. The molecular weight excluding hydrogens is 280 g/mol. The Kier molecular flexibility index (Phi) is 7.55. The van der Waals surface area contributed by atoms with E-state index in [-0.39, 0.29) is 0 Å². The van der Waals surface area contributed by atoms with Gasteiger partial charge in [0.15, 0.2) is 0 Å². The molecule has 1 aromatic carbocycles. The molecule has 3 heteroatoms. The van der Waals surface area contributed by atoms with Crippen molar-refractivity contribution in [2.24, 2.45) is 11.8 Å². The van der Waals surface area contributed by atoms with E-state index >= 15 is 0 Å². The highest BCUT2D eigenvalue weighted by molar-refractivity contribution is 6.33. The van der Waals surface area contributed by atoms with Crippen LogP contribution in [0.5, 0.6) is 0 Å². The number of nitrogens with one attached hydrogen (secondary N) is 1. The summed E-state index contributed by atoms with van der Waals surface area (Å²) in [4.78, 5) is 2.43. The number of anilines is 1. The van der Waals surface area contributed by atoms with Gasteiger partial charge >= 0.3 is 0 Å². The van der Waals surface area contributed by atoms with Crippen LogP contribution in [0.15, 0.2) is 18.2 Å². The molecule has 2 nitrogen and oxygen atoms in total. The summed E-state index contributed by atoms with van der Waals surface area (Å²) in [6, 6.07) is 6.67. The minimum atomic E-state index is 0.441. The van der Waals surface area contributed by atoms with Crippen LogP contribution in [-0.4, -0.2) is 19.1 Å². The first-order valence-electron chi connectivity index (χ1n) is 8.07. The highest BCUT2D eigenvalue weighted by atomic mass is 35.5. The fourth-order valence-corrected chi connectivity index (χ4v) is 2.78. The molecule has 0 atom stereocenters. The first-order chi connectivity index (χ1) is 9.82. The van der Waals surface area contributed by atoms with Gasteiger partial charge in [-0.3, -0.25) is 0 Å². The van der Waals surface area contributed by atoms with E-state index in [2.05, 4.69) is 57.8 Å². The lowest BCUT2D eigenvalue weighted by Crippen LogP contribution is -2.35. The van der Waals surface area contributed by atoms with Crippen molar-refractivity contribution in [1.82, 2.24) is 5.32 Å². The second-order valence-corrected chi connectivity index (χ2v) is 7.32. The Labute approximate surface area is 135 Å². The number of hydrogen-bond acceptors (Lipinski definition) is 2. The molecule has 0 heterocycles. The molecule has 0 spiro atoms. The normalized spacial score (nSPS) is 11.7. The zero-order valence-corrected chi connectivity index (χ0v) is 15.2. The summed E-state index contributed by atoms with van der Waals surface area (Å²) < 4.78 is 0. The van der Waals surface area contributed by atoms with Crippen molar-refractivity contribution in [3.05, 3.63) is 28.8 Å². The van der Waals surface area contributed by atoms with Crippen LogP contribution in [0.25, 0.3) is 0 Å². The van der Waals surface area contributed by atoms with Crippen LogP contribution in [0.4, 0.5) is 5.69 Å². The minimum Gasteiger partial charge on any atom is -0.367 e. The first kappa shape index (κ1) is 18.3. The molecule has 1 rings (SSSR count). The maximum Gasteiger partial charge on any atom is 0.0643 e. The minimum absolute atomic E-state index is 0.441. The van der Waals surface area contributed by atoms with Crippen molar-refractivity contribution in [1.29, 1.82) is 0 Å². The molecule has 0 saturated carbocycles. The molecule has 1 aromatic rings. The molecule has 0 bridgehead atoms. The maximum absolute atomic E-state index is 6.52. The summed E-state index contributed by atoms with van der Waals surface area (Å²) in [5, 5.41) is 4.39. The van der Waals surface area contributed by atoms with Gasteiger partial charge in [-0.05, 0) is 43.9 Å². The lowest BCUT2D eigenvalue weighted by molar-refractivity contribution is 0.546. The standard InChI is InChI=1S/C18H31ClN2/c1-13(2)10-20-11-16-8-7-9-17(19)18(16)21(15(5)6)12-14(3)4/h7-9,13-15,20H,10-12H2,1-6H3. The van der Waals surface area contributed by atoms with E-state index in [1.54, 1.807) is 0 Å². The Morgan fingerprint density at radius 1 is 1.05 bits per heavy atom. The molecule has 0 saturated heterocycles. The summed E-state index contributed by atoms with van der Waals surface area (Å²) in [5.74, 6) is 1.27. The molecular formula is C18H31ClN2. The van der Waals surface area contributed by atoms with Gasteiger partial charge in [-0.2, -0.15) is 0 Å². The average Bonchev–Trinajstić information content (AvgIpc) is 2.36. The molecule has 0 aromatic heterocycles. The molecule has 0 aliphatic heterocycles.